The van der Waals surface area contributed by atoms with Gasteiger partial charge in [-0.1, -0.05) is 49.4 Å². The van der Waals surface area contributed by atoms with Crippen LogP contribution < -0.4 is 26.3 Å². The number of carbonyl (C=O) groups is 1. The highest BCUT2D eigenvalue weighted by atomic mass is 79.9. The van der Waals surface area contributed by atoms with Gasteiger partial charge in [0.1, 0.15) is 24.2 Å². The molecular weight excluding hydrogens is 476 g/mol. The maximum absolute atomic E-state index is 13.1. The van der Waals surface area contributed by atoms with Gasteiger partial charge < -0.3 is 21.7 Å². The molecule has 1 aliphatic carbocycles. The summed E-state index contributed by atoms with van der Waals surface area (Å²) in [6, 6.07) is 19.1. The van der Waals surface area contributed by atoms with Crippen molar-refractivity contribution in [3.8, 4) is 5.75 Å². The predicted octanol–water partition coefficient (Wildman–Crippen LogP) is 1.85. The van der Waals surface area contributed by atoms with E-state index in [4.69, 9.17) is 4.74 Å². The Bertz CT molecular complexity index is 1360. The fraction of sp³-hybridized carbons (Fsp3) is 0.286. The van der Waals surface area contributed by atoms with Crippen molar-refractivity contribution < 1.29 is 31.1 Å². The first-order valence-electron chi connectivity index (χ1n) is 11.6. The van der Waals surface area contributed by atoms with E-state index in [1.165, 1.54) is 22.5 Å². The van der Waals surface area contributed by atoms with E-state index in [2.05, 4.69) is 52.7 Å². The summed E-state index contributed by atoms with van der Waals surface area (Å²) in [5.41, 5.74) is 4.95. The highest BCUT2D eigenvalue weighted by molar-refractivity contribution is 5.99. The van der Waals surface area contributed by atoms with Crippen LogP contribution in [0.3, 0.4) is 0 Å². The number of carbonyl (C=O) groups excluding carboxylic acids is 1. The fourth-order valence-electron chi connectivity index (χ4n) is 5.45. The summed E-state index contributed by atoms with van der Waals surface area (Å²) in [4.78, 5) is 13.1. The Kier molecular flexibility index (Phi) is 5.83. The SMILES string of the molecule is CCc1n(C2CCc3cc4c(cc32)OCC4)cc[n+]1CC(=O)c1ccc2ccccc2c1.[Br-]. The molecule has 3 aromatic carbocycles. The predicted molar refractivity (Wildman–Crippen MR) is 124 cm³/mol. The third-order valence-electron chi connectivity index (χ3n) is 7.07. The molecule has 0 saturated carbocycles. The zero-order valence-electron chi connectivity index (χ0n) is 18.8. The molecule has 168 valence electrons. The lowest BCUT2D eigenvalue weighted by Crippen LogP contribution is -3.00. The molecule has 2 aliphatic rings. The molecule has 0 spiro atoms. The number of hydrogen-bond donors (Lipinski definition) is 0. The lowest BCUT2D eigenvalue weighted by molar-refractivity contribution is -0.690. The first kappa shape index (κ1) is 21.9. The van der Waals surface area contributed by atoms with Gasteiger partial charge in [0.2, 0.25) is 5.78 Å². The van der Waals surface area contributed by atoms with E-state index in [0.29, 0.717) is 12.6 Å². The Morgan fingerprint density at radius 3 is 2.76 bits per heavy atom. The summed E-state index contributed by atoms with van der Waals surface area (Å²) in [7, 11) is 0. The average Bonchev–Trinajstić information content (AvgIpc) is 3.54. The van der Waals surface area contributed by atoms with Crippen LogP contribution in [-0.2, 0) is 25.8 Å². The van der Waals surface area contributed by atoms with Gasteiger partial charge in [-0.3, -0.25) is 4.79 Å². The quantitative estimate of drug-likeness (QED) is 0.308. The van der Waals surface area contributed by atoms with Crippen molar-refractivity contribution in [1.29, 1.82) is 0 Å². The van der Waals surface area contributed by atoms with Crippen molar-refractivity contribution >= 4 is 16.6 Å². The van der Waals surface area contributed by atoms with Crippen molar-refractivity contribution in [1.82, 2.24) is 4.57 Å². The topological polar surface area (TPSA) is 35.1 Å². The van der Waals surface area contributed by atoms with E-state index < -0.39 is 0 Å². The molecule has 4 nitrogen and oxygen atoms in total. The number of imidazole rings is 1. The van der Waals surface area contributed by atoms with Crippen LogP contribution in [0.2, 0.25) is 0 Å². The number of nitrogens with zero attached hydrogens (tertiary/aromatic N) is 2. The van der Waals surface area contributed by atoms with Crippen LogP contribution >= 0.6 is 0 Å². The molecule has 33 heavy (non-hydrogen) atoms. The highest BCUT2D eigenvalue weighted by Gasteiger charge is 2.33. The minimum Gasteiger partial charge on any atom is -1.00 e. The van der Waals surface area contributed by atoms with Gasteiger partial charge in [0, 0.05) is 24.0 Å². The van der Waals surface area contributed by atoms with Gasteiger partial charge in [-0.25, -0.2) is 9.13 Å². The summed E-state index contributed by atoms with van der Waals surface area (Å²) in [5.74, 6) is 2.39. The minimum atomic E-state index is 0. The summed E-state index contributed by atoms with van der Waals surface area (Å²) in [6.45, 7) is 3.33. The Morgan fingerprint density at radius 2 is 1.91 bits per heavy atom. The molecule has 2 heterocycles. The van der Waals surface area contributed by atoms with Gasteiger partial charge in [0.05, 0.1) is 6.61 Å². The Balaban J connectivity index is 0.00000228. The van der Waals surface area contributed by atoms with Crippen LogP contribution in [0.25, 0.3) is 10.8 Å². The third kappa shape index (κ3) is 3.78. The van der Waals surface area contributed by atoms with E-state index in [1.807, 2.05) is 30.3 Å². The summed E-state index contributed by atoms with van der Waals surface area (Å²) in [6.07, 6.45) is 8.32. The second kappa shape index (κ2) is 8.79. The van der Waals surface area contributed by atoms with Crippen molar-refractivity contribution in [3.63, 3.8) is 0 Å². The molecule has 6 rings (SSSR count). The first-order chi connectivity index (χ1) is 15.7. The molecule has 4 aromatic rings. The van der Waals surface area contributed by atoms with E-state index in [-0.39, 0.29) is 22.8 Å². The van der Waals surface area contributed by atoms with Crippen molar-refractivity contribution in [2.75, 3.05) is 6.61 Å². The van der Waals surface area contributed by atoms with E-state index >= 15 is 0 Å². The number of ether oxygens (including phenoxy) is 1. The van der Waals surface area contributed by atoms with Crippen LogP contribution in [-0.4, -0.2) is 17.0 Å². The largest absolute Gasteiger partial charge is 1.00 e. The molecule has 0 bridgehead atoms. The third-order valence-corrected chi connectivity index (χ3v) is 7.07. The molecular formula is C28H27BrN2O2. The Hall–Kier alpha value is -2.92. The molecule has 1 atom stereocenters. The Labute approximate surface area is 204 Å². The molecule has 0 amide bonds. The first-order valence-corrected chi connectivity index (χ1v) is 11.6. The summed E-state index contributed by atoms with van der Waals surface area (Å²) < 4.78 is 10.3. The second-order valence-corrected chi connectivity index (χ2v) is 8.90. The fourth-order valence-corrected chi connectivity index (χ4v) is 5.45. The number of ketones is 1. The van der Waals surface area contributed by atoms with Gasteiger partial charge in [-0.15, -0.1) is 0 Å². The number of aromatic nitrogens is 2. The number of Topliss-reactive ketones (excluding diaryl/α,β-unsaturated/α-hetero) is 1. The van der Waals surface area contributed by atoms with Crippen LogP contribution in [0.4, 0.5) is 0 Å². The lowest BCUT2D eigenvalue weighted by Gasteiger charge is -2.12. The molecule has 1 aromatic heterocycles. The van der Waals surface area contributed by atoms with Crippen molar-refractivity contribution in [2.45, 2.75) is 45.2 Å². The average molecular weight is 503 g/mol. The summed E-state index contributed by atoms with van der Waals surface area (Å²) >= 11 is 0. The highest BCUT2D eigenvalue weighted by Crippen LogP contribution is 2.40. The van der Waals surface area contributed by atoms with Gasteiger partial charge in [-0.05, 0) is 46.9 Å². The minimum absolute atomic E-state index is 0. The number of rotatable bonds is 5. The number of hydrogen-bond acceptors (Lipinski definition) is 2. The summed E-state index contributed by atoms with van der Waals surface area (Å²) in [5, 5.41) is 2.27. The number of halogens is 1. The molecule has 0 radical (unpaired) electrons. The van der Waals surface area contributed by atoms with Crippen molar-refractivity contribution in [3.05, 3.63) is 95.1 Å². The maximum atomic E-state index is 13.1. The molecule has 0 fully saturated rings. The van der Waals surface area contributed by atoms with Crippen LogP contribution in [0, 0.1) is 0 Å². The zero-order valence-corrected chi connectivity index (χ0v) is 20.3. The second-order valence-electron chi connectivity index (χ2n) is 8.90. The molecule has 0 saturated heterocycles. The normalized spacial score (nSPS) is 16.2. The van der Waals surface area contributed by atoms with Gasteiger partial charge in [-0.2, -0.15) is 0 Å². The number of benzene rings is 3. The standard InChI is InChI=1S/C28H27N2O2.BrH/c1-2-28-29(18-26(31)22-8-7-19-5-3-4-6-20(19)15-22)12-13-30(28)25-10-9-21-16-23-11-14-32-27(23)17-24(21)25;/h3-8,12-13,15-17,25H,2,9-11,14,18H2,1H3;1H/q+1;/p-1. The zero-order chi connectivity index (χ0) is 21.7. The maximum Gasteiger partial charge on any atom is 0.257 e. The van der Waals surface area contributed by atoms with Crippen LogP contribution in [0.15, 0.2) is 67.0 Å². The Morgan fingerprint density at radius 1 is 1.06 bits per heavy atom. The molecule has 5 heteroatoms. The van der Waals surface area contributed by atoms with Gasteiger partial charge in [0.15, 0.2) is 6.54 Å². The number of fused-ring (bicyclic) bond motifs is 3. The molecule has 1 unspecified atom stereocenters. The van der Waals surface area contributed by atoms with Crippen molar-refractivity contribution in [2.24, 2.45) is 0 Å². The van der Waals surface area contributed by atoms with Crippen LogP contribution in [0.1, 0.15) is 52.3 Å². The monoisotopic (exact) mass is 502 g/mol. The van der Waals surface area contributed by atoms with Gasteiger partial charge in [0.25, 0.3) is 5.82 Å². The van der Waals surface area contributed by atoms with E-state index in [0.717, 1.165) is 54.4 Å². The van der Waals surface area contributed by atoms with E-state index in [1.54, 1.807) is 0 Å². The molecule has 1 aliphatic heterocycles. The smallest absolute Gasteiger partial charge is 0.257 e. The number of aryl methyl sites for hydroxylation is 1. The molecule has 0 N–H and O–H groups in total. The van der Waals surface area contributed by atoms with E-state index in [9.17, 15) is 4.79 Å². The van der Waals surface area contributed by atoms with Gasteiger partial charge >= 0.3 is 0 Å². The van der Waals surface area contributed by atoms with Crippen LogP contribution in [0.5, 0.6) is 5.75 Å². The lowest BCUT2D eigenvalue weighted by atomic mass is 10.0.